The van der Waals surface area contributed by atoms with Gasteiger partial charge in [-0.1, -0.05) is 65.3 Å². The Morgan fingerprint density at radius 1 is 0.667 bits per heavy atom. The van der Waals surface area contributed by atoms with Crippen molar-refractivity contribution < 1.29 is 81.6 Å². The summed E-state index contributed by atoms with van der Waals surface area (Å²) in [5.74, 6) is -11.8. The molecule has 3 rings (SSSR count). The van der Waals surface area contributed by atoms with Crippen LogP contribution < -0.4 is 49.5 Å². The van der Waals surface area contributed by atoms with E-state index in [0.29, 0.717) is 83.7 Å². The molecule has 87 heavy (non-hydrogen) atoms. The number of carbonyl (C=O) groups excluding carboxylic acids is 11. The van der Waals surface area contributed by atoms with Crippen LogP contribution in [0.1, 0.15) is 102 Å². The molecule has 0 aromatic heterocycles. The number of rotatable bonds is 30. The number of nitrogens with one attached hydrogen (secondary N) is 5. The molecule has 1 aromatic carbocycles. The van der Waals surface area contributed by atoms with Crippen molar-refractivity contribution in [2.75, 3.05) is 96.0 Å². The zero-order valence-corrected chi connectivity index (χ0v) is 52.3. The number of nitrogens with zero attached hydrogens (tertiary/aromatic N) is 1. The van der Waals surface area contributed by atoms with Crippen molar-refractivity contribution >= 4 is 110 Å². The number of methoxy groups -OCH3 is 1. The number of hydrogen-bond donors (Lipinski definition) is 10. The van der Waals surface area contributed by atoms with Gasteiger partial charge in [-0.3, -0.25) is 62.5 Å². The van der Waals surface area contributed by atoms with Gasteiger partial charge in [0.1, 0.15) is 19.3 Å². The fraction of sp³-hybridized carbons (Fsp3) is 0.667. The molecular formula is C57H90N10O17S3. The number of carboxylic acid groups (broad SMARTS) is 1. The highest BCUT2D eigenvalue weighted by molar-refractivity contribution is 8.76. The van der Waals surface area contributed by atoms with Crippen LogP contribution in [0.5, 0.6) is 0 Å². The minimum atomic E-state index is -1.45. The van der Waals surface area contributed by atoms with Gasteiger partial charge in [-0.25, -0.2) is 0 Å². The standard InChI is InChI=1S/C45H67N9O11S3.C12H23NO6/c1-2-3-14-36(56)33-23-66-26-39(59)51-32(13-7-8-15-46)44(65)54-35-25-68-67-24-34(38(58)20-29(42(63)52-33)17-27-10-5-4-6-11-27)53-43(64)30(21-40(60)61)18-31(55)22-50-41(62)28(19-37(35)57)12-9-16-49-45(47)48;1-16-5-6-18-8-7-17-4-2-3-11(14)9-19-10-12(13)15/h4-6,10-11,28-30,32-35H,2-3,7-9,12-26,46H2,1H3,(H,50,62)(H,51,59)(H,52,63)(H,53,64)(H,54,65)(H,60,61)(H4,47,48,49);2-10H2,1H3,(H2,13,15)/t28-,29-,30+,32+,33+,34+,35+;/m1./s1. The van der Waals surface area contributed by atoms with Crippen molar-refractivity contribution in [2.24, 2.45) is 45.7 Å². The molecule has 2 bridgehead atoms. The van der Waals surface area contributed by atoms with Crippen molar-refractivity contribution in [3.05, 3.63) is 35.9 Å². The van der Waals surface area contributed by atoms with Crippen molar-refractivity contribution in [1.29, 1.82) is 0 Å². The molecule has 27 nitrogen and oxygen atoms in total. The lowest BCUT2D eigenvalue weighted by Gasteiger charge is -2.26. The number of benzene rings is 1. The van der Waals surface area contributed by atoms with E-state index in [0.717, 1.165) is 33.3 Å². The fourth-order valence-electron chi connectivity index (χ4n) is 8.64. The van der Waals surface area contributed by atoms with Crippen LogP contribution in [0.4, 0.5) is 0 Å². The molecule has 0 aliphatic carbocycles. The van der Waals surface area contributed by atoms with Gasteiger partial charge in [-0.15, -0.1) is 11.8 Å². The lowest BCUT2D eigenvalue weighted by Crippen LogP contribution is -2.53. The predicted octanol–water partition coefficient (Wildman–Crippen LogP) is 0.0863. The van der Waals surface area contributed by atoms with Gasteiger partial charge in [0.25, 0.3) is 0 Å². The molecule has 0 radical (unpaired) electrons. The summed E-state index contributed by atoms with van der Waals surface area (Å²) in [6.45, 7) is 4.06. The Kier molecular flexibility index (Phi) is 40.9. The first kappa shape index (κ1) is 77.1. The maximum absolute atomic E-state index is 14.5. The molecule has 1 aromatic rings. The number of carbonyl (C=O) groups is 12. The second-order valence-electron chi connectivity index (χ2n) is 20.7. The number of ketones is 5. The lowest BCUT2D eigenvalue weighted by molar-refractivity contribution is -0.142. The van der Waals surface area contributed by atoms with E-state index < -0.39 is 133 Å². The van der Waals surface area contributed by atoms with Crippen molar-refractivity contribution in [3.63, 3.8) is 0 Å². The smallest absolute Gasteiger partial charge is 0.304 e. The summed E-state index contributed by atoms with van der Waals surface area (Å²) in [6, 6.07) is 4.15. The molecule has 2 saturated heterocycles. The SMILES string of the molecule is CCCCC(=O)[C@@H]1CSCC(=O)N[C@@H](CCCCN)C(=O)N[C@H]2CSSC[C@H](NC(=O)[C@H](CC(=O)O)CC(=O)CNC(=O)[C@H](CCCN=C(N)N)CC2=O)C(=O)C[C@@H](Cc2ccccc2)C(=O)N1.COCCOCCOCCCC(=O)COCC(N)=O. The number of nitrogens with two attached hydrogens (primary N) is 4. The Hall–Kier alpha value is -6.02. The Balaban J connectivity index is 0.00000116. The number of ether oxygens (including phenoxy) is 4. The van der Waals surface area contributed by atoms with Crippen molar-refractivity contribution in [2.45, 2.75) is 127 Å². The van der Waals surface area contributed by atoms with Gasteiger partial charge in [0.15, 0.2) is 34.9 Å². The maximum Gasteiger partial charge on any atom is 0.304 e. The lowest BCUT2D eigenvalue weighted by atomic mass is 9.90. The zero-order valence-electron chi connectivity index (χ0n) is 49.9. The third-order valence-electron chi connectivity index (χ3n) is 13.3. The van der Waals surface area contributed by atoms with Gasteiger partial charge in [-0.05, 0) is 63.5 Å². The number of Topliss-reactive ketones (excluding diaryl/α,β-unsaturated/α-hetero) is 5. The van der Waals surface area contributed by atoms with E-state index in [-0.39, 0.29) is 92.4 Å². The van der Waals surface area contributed by atoms with E-state index in [1.165, 1.54) is 0 Å². The second kappa shape index (κ2) is 46.1. The molecule has 0 saturated carbocycles. The summed E-state index contributed by atoms with van der Waals surface area (Å²) < 4.78 is 20.1. The number of unbranched alkanes of at least 4 members (excludes halogenated alkanes) is 2. The van der Waals surface area contributed by atoms with Crippen LogP contribution >= 0.6 is 33.3 Å². The Labute approximate surface area is 520 Å². The molecule has 0 spiro atoms. The quantitative estimate of drug-likeness (QED) is 0.0211. The minimum absolute atomic E-state index is 0.00867. The summed E-state index contributed by atoms with van der Waals surface area (Å²) >= 11 is 1.07. The third kappa shape index (κ3) is 35.5. The van der Waals surface area contributed by atoms with Crippen LogP contribution in [0.15, 0.2) is 35.3 Å². The van der Waals surface area contributed by atoms with Gasteiger partial charge < -0.3 is 73.6 Å². The first-order chi connectivity index (χ1) is 41.7. The second-order valence-corrected chi connectivity index (χ2v) is 24.3. The monoisotopic (exact) mass is 1280 g/mol. The number of fused-ring (bicyclic) bond motifs is 5. The maximum atomic E-state index is 14.5. The predicted molar refractivity (Wildman–Crippen MR) is 330 cm³/mol. The molecule has 2 aliphatic heterocycles. The molecule has 6 amide bonds. The summed E-state index contributed by atoms with van der Waals surface area (Å²) in [7, 11) is 3.75. The van der Waals surface area contributed by atoms with E-state index in [1.54, 1.807) is 37.4 Å². The summed E-state index contributed by atoms with van der Waals surface area (Å²) in [4.78, 5) is 163. The van der Waals surface area contributed by atoms with Crippen LogP contribution in [0, 0.1) is 17.8 Å². The number of aliphatic carboxylic acids is 1. The van der Waals surface area contributed by atoms with Crippen LogP contribution in [-0.2, 0) is 82.9 Å². The average Bonchev–Trinajstić information content (AvgIpc) is 3.64. The highest BCUT2D eigenvalue weighted by atomic mass is 33.1. The highest BCUT2D eigenvalue weighted by Crippen LogP contribution is 2.27. The van der Waals surface area contributed by atoms with E-state index in [2.05, 4.69) is 31.6 Å². The van der Waals surface area contributed by atoms with Gasteiger partial charge in [-0.2, -0.15) is 0 Å². The number of thioether (sulfide) groups is 1. The van der Waals surface area contributed by atoms with Crippen LogP contribution in [-0.4, -0.2) is 202 Å². The molecule has 2 fully saturated rings. The summed E-state index contributed by atoms with van der Waals surface area (Å²) in [5, 5.41) is 23.3. The van der Waals surface area contributed by atoms with E-state index in [4.69, 9.17) is 41.9 Å². The Morgan fingerprint density at radius 3 is 1.94 bits per heavy atom. The van der Waals surface area contributed by atoms with E-state index in [9.17, 15) is 62.6 Å². The first-order valence-electron chi connectivity index (χ1n) is 29.1. The molecule has 30 heteroatoms. The summed E-state index contributed by atoms with van der Waals surface area (Å²) in [6.07, 6.45) is 1.70. The largest absolute Gasteiger partial charge is 0.481 e. The molecular weight excluding hydrogens is 1190 g/mol. The normalized spacial score (nSPS) is 21.7. The Morgan fingerprint density at radius 2 is 1.31 bits per heavy atom. The number of aliphatic imine (C=N–C) groups is 1. The summed E-state index contributed by atoms with van der Waals surface area (Å²) in [5.41, 5.74) is 22.3. The number of primary amides is 1. The minimum Gasteiger partial charge on any atom is -0.481 e. The fourth-order valence-corrected chi connectivity index (χ4v) is 11.9. The number of hydrogen-bond acceptors (Lipinski definition) is 21. The topological polar surface area (TPSA) is 439 Å². The van der Waals surface area contributed by atoms with Crippen molar-refractivity contribution in [1.82, 2.24) is 26.6 Å². The number of carboxylic acids is 1. The van der Waals surface area contributed by atoms with Crippen molar-refractivity contribution in [3.8, 4) is 0 Å². The van der Waals surface area contributed by atoms with E-state index >= 15 is 0 Å². The van der Waals surface area contributed by atoms with Gasteiger partial charge in [0.05, 0.1) is 69.2 Å². The molecule has 2 heterocycles. The van der Waals surface area contributed by atoms with E-state index in [1.807, 2.05) is 6.92 Å². The van der Waals surface area contributed by atoms with Gasteiger partial charge in [0, 0.05) is 81.5 Å². The van der Waals surface area contributed by atoms with Gasteiger partial charge in [0.2, 0.25) is 35.4 Å². The molecule has 0 unspecified atom stereocenters. The Bertz CT molecular complexity index is 2390. The number of guanidine groups is 1. The highest BCUT2D eigenvalue weighted by Gasteiger charge is 2.35. The molecule has 14 N–H and O–H groups in total. The molecule has 488 valence electrons. The van der Waals surface area contributed by atoms with Crippen LogP contribution in [0.3, 0.4) is 0 Å². The molecule has 7 atom stereocenters. The number of amides is 6. The first-order valence-corrected chi connectivity index (χ1v) is 32.7. The average molecular weight is 1280 g/mol. The van der Waals surface area contributed by atoms with Gasteiger partial charge >= 0.3 is 5.97 Å². The van der Waals surface area contributed by atoms with Crippen LogP contribution in [0.25, 0.3) is 0 Å². The third-order valence-corrected chi connectivity index (χ3v) is 16.8. The van der Waals surface area contributed by atoms with Crippen LogP contribution in [0.2, 0.25) is 0 Å². The molecule has 2 aliphatic rings. The zero-order chi connectivity index (χ0) is 64.4.